The number of esters is 1. The fourth-order valence-electron chi connectivity index (χ4n) is 1.35. The first-order valence-electron chi connectivity index (χ1n) is 5.88. The van der Waals surface area contributed by atoms with Crippen molar-refractivity contribution >= 4 is 11.8 Å². The van der Waals surface area contributed by atoms with Gasteiger partial charge >= 0.3 is 5.97 Å². The monoisotopic (exact) mass is 226 g/mol. The Morgan fingerprint density at radius 1 is 1.06 bits per heavy atom. The molecule has 0 N–H and O–H groups in total. The molecule has 0 aromatic heterocycles. The molecular weight excluding hydrogens is 204 g/mol. The fraction of sp³-hybridized carbons (Fsp3) is 0.692. The molecule has 0 aliphatic heterocycles. The second kappa shape index (κ2) is 10.4. The van der Waals surface area contributed by atoms with Crippen molar-refractivity contribution in [2.75, 3.05) is 7.11 Å². The van der Waals surface area contributed by atoms with Gasteiger partial charge < -0.3 is 4.74 Å². The van der Waals surface area contributed by atoms with E-state index in [1.807, 2.05) is 6.08 Å². The number of hydrogen-bond acceptors (Lipinski definition) is 3. The zero-order valence-corrected chi connectivity index (χ0v) is 10.3. The summed E-state index contributed by atoms with van der Waals surface area (Å²) in [6, 6.07) is 0. The Bertz CT molecular complexity index is 231. The van der Waals surface area contributed by atoms with Crippen molar-refractivity contribution in [3.05, 3.63) is 12.2 Å². The Labute approximate surface area is 97.9 Å². The van der Waals surface area contributed by atoms with E-state index in [2.05, 4.69) is 10.8 Å². The van der Waals surface area contributed by atoms with Crippen LogP contribution in [0.25, 0.3) is 0 Å². The summed E-state index contributed by atoms with van der Waals surface area (Å²) >= 11 is 0. The summed E-state index contributed by atoms with van der Waals surface area (Å²) in [6.45, 7) is 1.59. The number of Topliss-reactive ketones (excluding diaryl/α,β-unsaturated/α-hetero) is 1. The van der Waals surface area contributed by atoms with Gasteiger partial charge in [0, 0.05) is 12.8 Å². The molecule has 0 saturated heterocycles. The Balaban J connectivity index is 3.18. The molecular formula is C13H22O3. The van der Waals surface area contributed by atoms with Crippen LogP contribution in [0.2, 0.25) is 0 Å². The summed E-state index contributed by atoms with van der Waals surface area (Å²) in [6.07, 6.45) is 10.3. The third-order valence-electron chi connectivity index (χ3n) is 2.30. The summed E-state index contributed by atoms with van der Waals surface area (Å²) in [5.74, 6) is 0.0793. The van der Waals surface area contributed by atoms with E-state index < -0.39 is 0 Å². The van der Waals surface area contributed by atoms with Crippen molar-refractivity contribution in [2.24, 2.45) is 0 Å². The number of carbonyl (C=O) groups excluding carboxylic acids is 2. The van der Waals surface area contributed by atoms with Gasteiger partial charge in [0.05, 0.1) is 7.11 Å². The van der Waals surface area contributed by atoms with Crippen LogP contribution < -0.4 is 0 Å². The molecule has 0 radical (unpaired) electrons. The minimum absolute atomic E-state index is 0.124. The average Bonchev–Trinajstić information content (AvgIpc) is 2.26. The lowest BCUT2D eigenvalue weighted by atomic mass is 10.1. The molecule has 0 aliphatic rings. The van der Waals surface area contributed by atoms with Crippen LogP contribution in [0.3, 0.4) is 0 Å². The van der Waals surface area contributed by atoms with E-state index in [1.54, 1.807) is 6.92 Å². The van der Waals surface area contributed by atoms with Crippen LogP contribution in [0.1, 0.15) is 51.9 Å². The largest absolute Gasteiger partial charge is 0.469 e. The van der Waals surface area contributed by atoms with Gasteiger partial charge in [-0.2, -0.15) is 0 Å². The molecule has 3 nitrogen and oxygen atoms in total. The van der Waals surface area contributed by atoms with Crippen LogP contribution in [0, 0.1) is 0 Å². The quantitative estimate of drug-likeness (QED) is 0.345. The summed E-state index contributed by atoms with van der Waals surface area (Å²) in [5, 5.41) is 0. The topological polar surface area (TPSA) is 43.4 Å². The van der Waals surface area contributed by atoms with Gasteiger partial charge in [0.1, 0.15) is 5.78 Å². The maximum atomic E-state index is 10.8. The zero-order chi connectivity index (χ0) is 12.2. The summed E-state index contributed by atoms with van der Waals surface area (Å²) in [5.41, 5.74) is 0. The number of ketones is 1. The molecule has 0 spiro atoms. The van der Waals surface area contributed by atoms with E-state index in [-0.39, 0.29) is 11.8 Å². The summed E-state index contributed by atoms with van der Waals surface area (Å²) in [7, 11) is 1.42. The van der Waals surface area contributed by atoms with Crippen molar-refractivity contribution in [3.63, 3.8) is 0 Å². The molecule has 0 fully saturated rings. The minimum Gasteiger partial charge on any atom is -0.469 e. The van der Waals surface area contributed by atoms with Gasteiger partial charge in [0.2, 0.25) is 0 Å². The Morgan fingerprint density at radius 3 is 2.38 bits per heavy atom. The molecule has 3 heteroatoms. The van der Waals surface area contributed by atoms with E-state index in [1.165, 1.54) is 7.11 Å². The van der Waals surface area contributed by atoms with E-state index in [0.29, 0.717) is 12.8 Å². The SMILES string of the molecule is COC(=O)CCCCCC/C=C/CC(C)=O. The van der Waals surface area contributed by atoms with Crippen molar-refractivity contribution < 1.29 is 14.3 Å². The smallest absolute Gasteiger partial charge is 0.305 e. The molecule has 0 heterocycles. The molecule has 0 rings (SSSR count). The Kier molecular flexibility index (Phi) is 9.67. The van der Waals surface area contributed by atoms with Gasteiger partial charge in [-0.15, -0.1) is 0 Å². The molecule has 0 saturated carbocycles. The lowest BCUT2D eigenvalue weighted by Gasteiger charge is -1.99. The van der Waals surface area contributed by atoms with Gasteiger partial charge in [-0.25, -0.2) is 0 Å². The number of hydrogen-bond donors (Lipinski definition) is 0. The number of rotatable bonds is 9. The van der Waals surface area contributed by atoms with Crippen LogP contribution in [-0.2, 0) is 14.3 Å². The maximum absolute atomic E-state index is 10.8. The standard InChI is InChI=1S/C13H22O3/c1-12(14)10-8-6-4-3-5-7-9-11-13(15)16-2/h6,8H,3-5,7,9-11H2,1-2H3/b8-6+. The maximum Gasteiger partial charge on any atom is 0.305 e. The van der Waals surface area contributed by atoms with Gasteiger partial charge in [-0.1, -0.05) is 25.0 Å². The van der Waals surface area contributed by atoms with E-state index in [9.17, 15) is 9.59 Å². The molecule has 0 amide bonds. The van der Waals surface area contributed by atoms with Crippen LogP contribution in [0.4, 0.5) is 0 Å². The van der Waals surface area contributed by atoms with Gasteiger partial charge in [0.25, 0.3) is 0 Å². The van der Waals surface area contributed by atoms with Crippen molar-refractivity contribution in [1.82, 2.24) is 0 Å². The second-order valence-electron chi connectivity index (χ2n) is 3.91. The first-order chi connectivity index (χ1) is 7.66. The number of allylic oxidation sites excluding steroid dienone is 2. The third-order valence-corrected chi connectivity index (χ3v) is 2.30. The van der Waals surface area contributed by atoms with E-state index >= 15 is 0 Å². The molecule has 0 unspecified atom stereocenters. The predicted octanol–water partition coefficient (Wildman–Crippen LogP) is 3.04. The molecule has 0 atom stereocenters. The minimum atomic E-state index is -0.124. The molecule has 16 heavy (non-hydrogen) atoms. The predicted molar refractivity (Wildman–Crippen MR) is 64.2 cm³/mol. The van der Waals surface area contributed by atoms with Crippen LogP contribution in [0.15, 0.2) is 12.2 Å². The average molecular weight is 226 g/mol. The van der Waals surface area contributed by atoms with Crippen molar-refractivity contribution in [3.8, 4) is 0 Å². The molecule has 0 aromatic rings. The third kappa shape index (κ3) is 11.0. The van der Waals surface area contributed by atoms with Crippen LogP contribution in [0.5, 0.6) is 0 Å². The lowest BCUT2D eigenvalue weighted by Crippen LogP contribution is -1.98. The normalized spacial score (nSPS) is 10.6. The van der Waals surface area contributed by atoms with Crippen LogP contribution in [-0.4, -0.2) is 18.9 Å². The highest BCUT2D eigenvalue weighted by Gasteiger charge is 1.98. The molecule has 0 aromatic carbocycles. The first kappa shape index (κ1) is 14.9. The van der Waals surface area contributed by atoms with Crippen molar-refractivity contribution in [1.29, 1.82) is 0 Å². The highest BCUT2D eigenvalue weighted by molar-refractivity contribution is 5.76. The fourth-order valence-corrected chi connectivity index (χ4v) is 1.35. The summed E-state index contributed by atoms with van der Waals surface area (Å²) < 4.78 is 4.55. The van der Waals surface area contributed by atoms with E-state index in [4.69, 9.17) is 0 Å². The van der Waals surface area contributed by atoms with Gasteiger partial charge in [0.15, 0.2) is 0 Å². The number of carbonyl (C=O) groups is 2. The molecule has 92 valence electrons. The van der Waals surface area contributed by atoms with Gasteiger partial charge in [-0.05, 0) is 26.2 Å². The Hall–Kier alpha value is -1.12. The van der Waals surface area contributed by atoms with Gasteiger partial charge in [-0.3, -0.25) is 9.59 Å². The highest BCUT2D eigenvalue weighted by atomic mass is 16.5. The highest BCUT2D eigenvalue weighted by Crippen LogP contribution is 2.06. The number of methoxy groups -OCH3 is 1. The molecule has 0 aliphatic carbocycles. The van der Waals surface area contributed by atoms with Crippen molar-refractivity contribution in [2.45, 2.75) is 51.9 Å². The lowest BCUT2D eigenvalue weighted by molar-refractivity contribution is -0.140. The Morgan fingerprint density at radius 2 is 1.75 bits per heavy atom. The van der Waals surface area contributed by atoms with Crippen LogP contribution >= 0.6 is 0 Å². The number of unbranched alkanes of at least 4 members (excludes halogenated alkanes) is 4. The summed E-state index contributed by atoms with van der Waals surface area (Å²) in [4.78, 5) is 21.4. The second-order valence-corrected chi connectivity index (χ2v) is 3.91. The zero-order valence-electron chi connectivity index (χ0n) is 10.3. The first-order valence-corrected chi connectivity index (χ1v) is 5.88. The number of ether oxygens (including phenoxy) is 1. The van der Waals surface area contributed by atoms with E-state index in [0.717, 1.165) is 32.1 Å². The molecule has 0 bridgehead atoms.